The Hall–Kier alpha value is -1.52. The summed E-state index contributed by atoms with van der Waals surface area (Å²) in [6, 6.07) is 1.66. The average molecular weight is 223 g/mol. The minimum atomic E-state index is -0.241. The molecule has 1 aromatic heterocycles. The molecule has 0 saturated heterocycles. The van der Waals surface area contributed by atoms with Crippen LogP contribution in [-0.4, -0.2) is 22.4 Å². The number of rotatable bonds is 4. The Morgan fingerprint density at radius 3 is 2.94 bits per heavy atom. The van der Waals surface area contributed by atoms with Crippen LogP contribution >= 0.6 is 0 Å². The number of nitrogen functional groups attached to an aromatic ring is 1. The van der Waals surface area contributed by atoms with Gasteiger partial charge >= 0.3 is 5.97 Å². The molecule has 0 bridgehead atoms. The van der Waals surface area contributed by atoms with Gasteiger partial charge in [-0.3, -0.25) is 9.48 Å². The molecule has 0 amide bonds. The lowest BCUT2D eigenvalue weighted by molar-refractivity contribution is -0.145. The van der Waals surface area contributed by atoms with Crippen molar-refractivity contribution < 1.29 is 9.53 Å². The van der Waals surface area contributed by atoms with E-state index in [0.29, 0.717) is 18.3 Å². The minimum absolute atomic E-state index is 0.143. The third kappa shape index (κ3) is 2.98. The second-order valence-electron chi connectivity index (χ2n) is 4.27. The van der Waals surface area contributed by atoms with Crippen LogP contribution in [0.4, 0.5) is 5.82 Å². The van der Waals surface area contributed by atoms with Crippen LogP contribution in [0.5, 0.6) is 0 Å². The van der Waals surface area contributed by atoms with Crippen molar-refractivity contribution in [2.75, 3.05) is 12.3 Å². The molecule has 2 rings (SSSR count). The van der Waals surface area contributed by atoms with E-state index in [-0.39, 0.29) is 12.5 Å². The first-order chi connectivity index (χ1) is 7.74. The lowest BCUT2D eigenvalue weighted by Crippen LogP contribution is -2.17. The van der Waals surface area contributed by atoms with Gasteiger partial charge in [-0.25, -0.2) is 0 Å². The zero-order valence-corrected chi connectivity index (χ0v) is 9.26. The second-order valence-corrected chi connectivity index (χ2v) is 4.27. The maximum atomic E-state index is 11.5. The SMILES string of the molecule is Nc1ccn(CC(=O)OCC2CCCC2)n1. The van der Waals surface area contributed by atoms with Gasteiger partial charge in [0.05, 0.1) is 6.61 Å². The number of carbonyl (C=O) groups excluding carboxylic acids is 1. The summed E-state index contributed by atoms with van der Waals surface area (Å²) in [6.45, 7) is 0.694. The van der Waals surface area contributed by atoms with Crippen LogP contribution in [0.15, 0.2) is 12.3 Å². The van der Waals surface area contributed by atoms with Gasteiger partial charge in [-0.1, -0.05) is 12.8 Å². The van der Waals surface area contributed by atoms with Gasteiger partial charge in [0.15, 0.2) is 0 Å². The van der Waals surface area contributed by atoms with Gasteiger partial charge in [-0.05, 0) is 24.8 Å². The summed E-state index contributed by atoms with van der Waals surface area (Å²) in [5.41, 5.74) is 5.44. The highest BCUT2D eigenvalue weighted by molar-refractivity contribution is 5.69. The van der Waals surface area contributed by atoms with Crippen molar-refractivity contribution in [3.8, 4) is 0 Å². The van der Waals surface area contributed by atoms with Gasteiger partial charge in [0.25, 0.3) is 0 Å². The molecule has 0 unspecified atom stereocenters. The van der Waals surface area contributed by atoms with Gasteiger partial charge in [0.1, 0.15) is 12.4 Å². The van der Waals surface area contributed by atoms with Crippen molar-refractivity contribution >= 4 is 11.8 Å². The fourth-order valence-corrected chi connectivity index (χ4v) is 2.03. The molecule has 0 spiro atoms. The monoisotopic (exact) mass is 223 g/mol. The molecular weight excluding hydrogens is 206 g/mol. The number of ether oxygens (including phenoxy) is 1. The summed E-state index contributed by atoms with van der Waals surface area (Å²) in [6.07, 6.45) is 6.56. The topological polar surface area (TPSA) is 70.1 Å². The zero-order chi connectivity index (χ0) is 11.4. The largest absolute Gasteiger partial charge is 0.464 e. The number of anilines is 1. The molecule has 5 heteroatoms. The van der Waals surface area contributed by atoms with E-state index >= 15 is 0 Å². The summed E-state index contributed by atoms with van der Waals surface area (Å²) in [5, 5.41) is 3.92. The Morgan fingerprint density at radius 1 is 1.56 bits per heavy atom. The zero-order valence-electron chi connectivity index (χ0n) is 9.26. The summed E-state index contributed by atoms with van der Waals surface area (Å²) in [7, 11) is 0. The van der Waals surface area contributed by atoms with E-state index in [1.54, 1.807) is 12.3 Å². The molecule has 1 saturated carbocycles. The van der Waals surface area contributed by atoms with Crippen molar-refractivity contribution in [2.24, 2.45) is 5.92 Å². The number of nitrogens with two attached hydrogens (primary N) is 1. The molecule has 1 aliphatic rings. The molecule has 1 heterocycles. The Labute approximate surface area is 94.6 Å². The summed E-state index contributed by atoms with van der Waals surface area (Å²) >= 11 is 0. The van der Waals surface area contributed by atoms with Crippen LogP contribution in [0, 0.1) is 5.92 Å². The van der Waals surface area contributed by atoms with Crippen LogP contribution in [0.25, 0.3) is 0 Å². The first-order valence-corrected chi connectivity index (χ1v) is 5.68. The molecule has 16 heavy (non-hydrogen) atoms. The molecular formula is C11H17N3O2. The maximum absolute atomic E-state index is 11.5. The standard InChI is InChI=1S/C11H17N3O2/c12-10-5-6-14(13-10)7-11(15)16-8-9-3-1-2-4-9/h5-6,9H,1-4,7-8H2,(H2,12,13). The molecule has 0 radical (unpaired) electrons. The highest BCUT2D eigenvalue weighted by Gasteiger charge is 2.17. The number of nitrogens with zero attached hydrogens (tertiary/aromatic N) is 2. The van der Waals surface area contributed by atoms with Crippen LogP contribution < -0.4 is 5.73 Å². The van der Waals surface area contributed by atoms with E-state index < -0.39 is 0 Å². The summed E-state index contributed by atoms with van der Waals surface area (Å²) in [4.78, 5) is 11.5. The molecule has 1 aliphatic carbocycles. The van der Waals surface area contributed by atoms with E-state index in [0.717, 1.165) is 0 Å². The molecule has 0 aromatic carbocycles. The Kier molecular flexibility index (Phi) is 3.44. The van der Waals surface area contributed by atoms with Gasteiger partial charge in [0, 0.05) is 6.20 Å². The van der Waals surface area contributed by atoms with Crippen molar-refractivity contribution in [3.05, 3.63) is 12.3 Å². The fraction of sp³-hybridized carbons (Fsp3) is 0.636. The smallest absolute Gasteiger partial charge is 0.327 e. The normalized spacial score (nSPS) is 16.5. The fourth-order valence-electron chi connectivity index (χ4n) is 2.03. The van der Waals surface area contributed by atoms with Crippen LogP contribution in [0.3, 0.4) is 0 Å². The highest BCUT2D eigenvalue weighted by atomic mass is 16.5. The van der Waals surface area contributed by atoms with Crippen molar-refractivity contribution in [1.82, 2.24) is 9.78 Å². The Balaban J connectivity index is 1.71. The molecule has 0 aliphatic heterocycles. The van der Waals surface area contributed by atoms with Crippen molar-refractivity contribution in [1.29, 1.82) is 0 Å². The van der Waals surface area contributed by atoms with E-state index in [4.69, 9.17) is 10.5 Å². The van der Waals surface area contributed by atoms with Gasteiger partial charge in [-0.2, -0.15) is 5.10 Å². The predicted octanol–water partition coefficient (Wildman–Crippen LogP) is 1.20. The van der Waals surface area contributed by atoms with Gasteiger partial charge < -0.3 is 10.5 Å². The Morgan fingerprint density at radius 2 is 2.31 bits per heavy atom. The van der Waals surface area contributed by atoms with Crippen LogP contribution in [0.2, 0.25) is 0 Å². The third-order valence-electron chi connectivity index (χ3n) is 2.91. The average Bonchev–Trinajstić information content (AvgIpc) is 2.87. The molecule has 88 valence electrons. The van der Waals surface area contributed by atoms with E-state index in [9.17, 15) is 4.79 Å². The van der Waals surface area contributed by atoms with E-state index in [1.165, 1.54) is 30.4 Å². The van der Waals surface area contributed by atoms with Crippen molar-refractivity contribution in [3.63, 3.8) is 0 Å². The first kappa shape index (κ1) is 11.0. The third-order valence-corrected chi connectivity index (χ3v) is 2.91. The van der Waals surface area contributed by atoms with E-state index in [1.807, 2.05) is 0 Å². The van der Waals surface area contributed by atoms with Gasteiger partial charge in [-0.15, -0.1) is 0 Å². The lowest BCUT2D eigenvalue weighted by Gasteiger charge is -2.09. The first-order valence-electron chi connectivity index (χ1n) is 5.68. The van der Waals surface area contributed by atoms with Crippen LogP contribution in [0.1, 0.15) is 25.7 Å². The number of esters is 1. The number of aromatic nitrogens is 2. The molecule has 1 fully saturated rings. The van der Waals surface area contributed by atoms with E-state index in [2.05, 4.69) is 5.10 Å². The molecule has 1 aromatic rings. The molecule has 0 atom stereocenters. The van der Waals surface area contributed by atoms with Gasteiger partial charge in [0.2, 0.25) is 0 Å². The molecule has 5 nitrogen and oxygen atoms in total. The van der Waals surface area contributed by atoms with Crippen LogP contribution in [-0.2, 0) is 16.1 Å². The lowest BCUT2D eigenvalue weighted by atomic mass is 10.1. The van der Waals surface area contributed by atoms with Crippen molar-refractivity contribution in [2.45, 2.75) is 32.2 Å². The molecule has 2 N–H and O–H groups in total. The number of hydrogen-bond donors (Lipinski definition) is 1. The summed E-state index contributed by atoms with van der Waals surface area (Å²) < 4.78 is 6.69. The minimum Gasteiger partial charge on any atom is -0.464 e. The maximum Gasteiger partial charge on any atom is 0.327 e. The number of carbonyl (C=O) groups is 1. The summed E-state index contributed by atoms with van der Waals surface area (Å²) in [5.74, 6) is 0.741. The Bertz CT molecular complexity index is 356. The second kappa shape index (κ2) is 5.01. The highest BCUT2D eigenvalue weighted by Crippen LogP contribution is 2.24. The number of hydrogen-bond acceptors (Lipinski definition) is 4. The predicted molar refractivity (Wildman–Crippen MR) is 59.6 cm³/mol. The quantitative estimate of drug-likeness (QED) is 0.778.